The molecular formula is C21H21NO4S2. The fourth-order valence-electron chi connectivity index (χ4n) is 2.72. The Hall–Kier alpha value is -2.51. The van der Waals surface area contributed by atoms with E-state index in [2.05, 4.69) is 16.8 Å². The summed E-state index contributed by atoms with van der Waals surface area (Å²) in [6.07, 6.45) is 0. The minimum absolute atomic E-state index is 0.297. The highest BCUT2D eigenvalue weighted by Gasteiger charge is 2.15. The SMILES string of the molecule is COc1ccc(C(=O)OCC(=O)NCCSCc2cccs2)c2ccccc12. The van der Waals surface area contributed by atoms with Crippen LogP contribution in [0.4, 0.5) is 0 Å². The lowest BCUT2D eigenvalue weighted by Gasteiger charge is -2.10. The molecule has 0 spiro atoms. The summed E-state index contributed by atoms with van der Waals surface area (Å²) < 4.78 is 10.5. The average molecular weight is 416 g/mol. The molecule has 1 N–H and O–H groups in total. The number of amides is 1. The molecule has 0 saturated carbocycles. The second-order valence-corrected chi connectivity index (χ2v) is 8.06. The number of esters is 1. The van der Waals surface area contributed by atoms with Crippen LogP contribution in [0.3, 0.4) is 0 Å². The van der Waals surface area contributed by atoms with E-state index in [1.54, 1.807) is 42.3 Å². The van der Waals surface area contributed by atoms with E-state index in [0.29, 0.717) is 17.9 Å². The number of rotatable bonds is 9. The fraction of sp³-hybridized carbons (Fsp3) is 0.238. The van der Waals surface area contributed by atoms with E-state index in [1.807, 2.05) is 30.3 Å². The second kappa shape index (κ2) is 10.1. The topological polar surface area (TPSA) is 64.6 Å². The molecule has 0 fully saturated rings. The summed E-state index contributed by atoms with van der Waals surface area (Å²) in [7, 11) is 1.59. The lowest BCUT2D eigenvalue weighted by molar-refractivity contribution is -0.124. The molecule has 7 heteroatoms. The molecule has 2 aromatic carbocycles. The number of ether oxygens (including phenoxy) is 2. The van der Waals surface area contributed by atoms with Crippen LogP contribution >= 0.6 is 23.1 Å². The number of thiophene rings is 1. The maximum Gasteiger partial charge on any atom is 0.339 e. The molecule has 1 aromatic heterocycles. The normalized spacial score (nSPS) is 10.6. The molecule has 28 heavy (non-hydrogen) atoms. The van der Waals surface area contributed by atoms with Crippen molar-refractivity contribution < 1.29 is 19.1 Å². The molecule has 3 aromatic rings. The summed E-state index contributed by atoms with van der Waals surface area (Å²) >= 11 is 3.48. The number of hydrogen-bond donors (Lipinski definition) is 1. The molecule has 5 nitrogen and oxygen atoms in total. The largest absolute Gasteiger partial charge is 0.496 e. The van der Waals surface area contributed by atoms with Crippen LogP contribution in [0.1, 0.15) is 15.2 Å². The summed E-state index contributed by atoms with van der Waals surface area (Å²) in [5.41, 5.74) is 0.413. The molecule has 0 atom stereocenters. The van der Waals surface area contributed by atoms with Crippen LogP contribution in [0.15, 0.2) is 53.9 Å². The Labute approximate surface area is 172 Å². The Morgan fingerprint density at radius 3 is 2.64 bits per heavy atom. The van der Waals surface area contributed by atoms with E-state index in [4.69, 9.17) is 9.47 Å². The monoisotopic (exact) mass is 415 g/mol. The molecule has 0 saturated heterocycles. The summed E-state index contributed by atoms with van der Waals surface area (Å²) in [5.74, 6) is 1.60. The van der Waals surface area contributed by atoms with Gasteiger partial charge in [0.25, 0.3) is 5.91 Å². The molecule has 0 radical (unpaired) electrons. The molecule has 0 bridgehead atoms. The molecule has 0 aliphatic carbocycles. The van der Waals surface area contributed by atoms with Gasteiger partial charge >= 0.3 is 5.97 Å². The Morgan fingerprint density at radius 1 is 1.07 bits per heavy atom. The number of carbonyl (C=O) groups is 2. The van der Waals surface area contributed by atoms with Crippen molar-refractivity contribution in [1.29, 1.82) is 0 Å². The van der Waals surface area contributed by atoms with Gasteiger partial charge in [-0.05, 0) is 29.0 Å². The van der Waals surface area contributed by atoms with E-state index < -0.39 is 5.97 Å². The highest BCUT2D eigenvalue weighted by atomic mass is 32.2. The first kappa shape index (κ1) is 20.2. The highest BCUT2D eigenvalue weighted by molar-refractivity contribution is 7.98. The standard InChI is InChI=1S/C21H21NO4S2/c1-25-19-9-8-18(16-6-2-3-7-17(16)19)21(24)26-13-20(23)22-10-12-27-14-15-5-4-11-28-15/h2-9,11H,10,12-14H2,1H3,(H,22,23). The third kappa shape index (κ3) is 5.27. The fourth-order valence-corrected chi connectivity index (χ4v) is 4.42. The predicted octanol–water partition coefficient (Wildman–Crippen LogP) is 4.12. The second-order valence-electron chi connectivity index (χ2n) is 5.92. The number of thioether (sulfide) groups is 1. The van der Waals surface area contributed by atoms with Crippen molar-refractivity contribution in [3.8, 4) is 5.75 Å². The summed E-state index contributed by atoms with van der Waals surface area (Å²) in [5, 5.41) is 6.38. The van der Waals surface area contributed by atoms with Gasteiger partial charge in [0.1, 0.15) is 5.75 Å². The van der Waals surface area contributed by atoms with Crippen molar-refractivity contribution in [2.24, 2.45) is 0 Å². The number of carbonyl (C=O) groups excluding carboxylic acids is 2. The van der Waals surface area contributed by atoms with Crippen molar-refractivity contribution in [2.45, 2.75) is 5.75 Å². The Kier molecular flexibility index (Phi) is 7.33. The zero-order chi connectivity index (χ0) is 19.8. The molecule has 1 amide bonds. The van der Waals surface area contributed by atoms with Crippen LogP contribution in [-0.4, -0.2) is 37.9 Å². The van der Waals surface area contributed by atoms with Gasteiger partial charge in [-0.1, -0.05) is 30.3 Å². The van der Waals surface area contributed by atoms with Gasteiger partial charge < -0.3 is 14.8 Å². The van der Waals surface area contributed by atoms with E-state index >= 15 is 0 Å². The number of fused-ring (bicyclic) bond motifs is 1. The maximum absolute atomic E-state index is 12.4. The Bertz CT molecular complexity index is 941. The molecule has 0 aliphatic rings. The lowest BCUT2D eigenvalue weighted by atomic mass is 10.0. The van der Waals surface area contributed by atoms with Crippen molar-refractivity contribution in [2.75, 3.05) is 26.0 Å². The van der Waals surface area contributed by atoms with E-state index in [1.165, 1.54) is 4.88 Å². The zero-order valence-corrected chi connectivity index (χ0v) is 17.1. The minimum atomic E-state index is -0.527. The Morgan fingerprint density at radius 2 is 1.89 bits per heavy atom. The summed E-state index contributed by atoms with van der Waals surface area (Å²) in [6, 6.07) is 14.9. The van der Waals surface area contributed by atoms with Crippen molar-refractivity contribution in [1.82, 2.24) is 5.32 Å². The van der Waals surface area contributed by atoms with Crippen LogP contribution < -0.4 is 10.1 Å². The van der Waals surface area contributed by atoms with Gasteiger partial charge in [0.15, 0.2) is 6.61 Å². The Balaban J connectivity index is 1.46. The third-order valence-corrected chi connectivity index (χ3v) is 6.12. The third-order valence-electron chi connectivity index (χ3n) is 4.05. The van der Waals surface area contributed by atoms with E-state index in [0.717, 1.165) is 22.3 Å². The van der Waals surface area contributed by atoms with Gasteiger partial charge in [-0.15, -0.1) is 11.3 Å². The van der Waals surface area contributed by atoms with Gasteiger partial charge in [0.2, 0.25) is 0 Å². The first-order valence-electron chi connectivity index (χ1n) is 8.78. The van der Waals surface area contributed by atoms with Gasteiger partial charge in [0.05, 0.1) is 12.7 Å². The summed E-state index contributed by atoms with van der Waals surface area (Å²) in [6.45, 7) is 0.243. The van der Waals surface area contributed by atoms with Gasteiger partial charge in [-0.3, -0.25) is 4.79 Å². The van der Waals surface area contributed by atoms with Gasteiger partial charge in [0, 0.05) is 28.3 Å². The van der Waals surface area contributed by atoms with Gasteiger partial charge in [-0.2, -0.15) is 11.8 Å². The highest BCUT2D eigenvalue weighted by Crippen LogP contribution is 2.28. The summed E-state index contributed by atoms with van der Waals surface area (Å²) in [4.78, 5) is 25.7. The molecule has 1 heterocycles. The maximum atomic E-state index is 12.4. The average Bonchev–Trinajstić information content (AvgIpc) is 3.24. The quantitative estimate of drug-likeness (QED) is 0.421. The minimum Gasteiger partial charge on any atom is -0.496 e. The number of methoxy groups -OCH3 is 1. The van der Waals surface area contributed by atoms with Crippen LogP contribution in [0.5, 0.6) is 5.75 Å². The van der Waals surface area contributed by atoms with Crippen molar-refractivity contribution in [3.05, 3.63) is 64.4 Å². The zero-order valence-electron chi connectivity index (χ0n) is 15.5. The molecule has 0 aliphatic heterocycles. The first-order chi connectivity index (χ1) is 13.7. The smallest absolute Gasteiger partial charge is 0.339 e. The first-order valence-corrected chi connectivity index (χ1v) is 10.8. The van der Waals surface area contributed by atoms with Crippen LogP contribution in [0, 0.1) is 0 Å². The molecule has 3 rings (SSSR count). The van der Waals surface area contributed by atoms with E-state index in [9.17, 15) is 9.59 Å². The lowest BCUT2D eigenvalue weighted by Crippen LogP contribution is -2.30. The van der Waals surface area contributed by atoms with Crippen molar-refractivity contribution in [3.63, 3.8) is 0 Å². The number of nitrogens with one attached hydrogen (secondary N) is 1. The number of benzene rings is 2. The predicted molar refractivity (Wildman–Crippen MR) is 114 cm³/mol. The van der Waals surface area contributed by atoms with Crippen LogP contribution in [0.2, 0.25) is 0 Å². The van der Waals surface area contributed by atoms with Gasteiger partial charge in [-0.25, -0.2) is 4.79 Å². The van der Waals surface area contributed by atoms with Crippen LogP contribution in [0.25, 0.3) is 10.8 Å². The molecular weight excluding hydrogens is 394 g/mol. The molecule has 0 unspecified atom stereocenters. The molecule has 146 valence electrons. The van der Waals surface area contributed by atoms with Crippen molar-refractivity contribution >= 4 is 45.7 Å². The van der Waals surface area contributed by atoms with Crippen LogP contribution in [-0.2, 0) is 15.3 Å². The van der Waals surface area contributed by atoms with E-state index in [-0.39, 0.29) is 12.5 Å². The number of hydrogen-bond acceptors (Lipinski definition) is 6.